The minimum atomic E-state index is -0.478. The van der Waals surface area contributed by atoms with Gasteiger partial charge >= 0.3 is 0 Å². The maximum atomic E-state index is 12.9. The smallest absolute Gasteiger partial charge is 0.272 e. The summed E-state index contributed by atoms with van der Waals surface area (Å²) >= 11 is 0. The molecule has 0 saturated heterocycles. The van der Waals surface area contributed by atoms with Gasteiger partial charge in [0.25, 0.3) is 5.91 Å². The fourth-order valence-electron chi connectivity index (χ4n) is 1.98. The number of benzene rings is 2. The van der Waals surface area contributed by atoms with Crippen molar-refractivity contribution in [2.75, 3.05) is 0 Å². The number of nitrogens with zero attached hydrogens (tertiary/aromatic N) is 2. The molecule has 2 aromatic carbocycles. The van der Waals surface area contributed by atoms with E-state index in [1.807, 2.05) is 0 Å². The van der Waals surface area contributed by atoms with E-state index in [2.05, 4.69) is 20.7 Å². The van der Waals surface area contributed by atoms with Crippen LogP contribution >= 0.6 is 0 Å². The van der Waals surface area contributed by atoms with E-state index in [0.717, 1.165) is 0 Å². The zero-order valence-electron chi connectivity index (χ0n) is 12.3. The first kappa shape index (κ1) is 15.5. The molecule has 0 radical (unpaired) electrons. The minimum absolute atomic E-state index is 0.214. The van der Waals surface area contributed by atoms with Gasteiger partial charge in [0.15, 0.2) is 0 Å². The van der Waals surface area contributed by atoms with Crippen molar-refractivity contribution < 1.29 is 13.6 Å². The number of carbonyl (C=O) groups excluding carboxylic acids is 1. The van der Waals surface area contributed by atoms with Crippen LogP contribution in [0.5, 0.6) is 0 Å². The number of carbonyl (C=O) groups is 1. The number of nitrogens with one attached hydrogen (secondary N) is 2. The highest BCUT2D eigenvalue weighted by molar-refractivity contribution is 5.94. The van der Waals surface area contributed by atoms with Crippen molar-refractivity contribution in [2.24, 2.45) is 5.10 Å². The van der Waals surface area contributed by atoms with E-state index in [4.69, 9.17) is 0 Å². The number of aromatic amines is 1. The van der Waals surface area contributed by atoms with Gasteiger partial charge in [-0.25, -0.2) is 14.2 Å². The lowest BCUT2D eigenvalue weighted by Crippen LogP contribution is -2.17. The molecule has 0 aliphatic rings. The van der Waals surface area contributed by atoms with Crippen molar-refractivity contribution in [1.29, 1.82) is 0 Å². The van der Waals surface area contributed by atoms with Gasteiger partial charge in [0.1, 0.15) is 17.3 Å². The molecule has 3 rings (SSSR count). The number of hydrazone groups is 1. The number of H-pyrrole nitrogens is 1. The molecule has 0 fully saturated rings. The van der Waals surface area contributed by atoms with Crippen molar-refractivity contribution in [1.82, 2.24) is 15.6 Å². The highest BCUT2D eigenvalue weighted by Gasteiger charge is 2.10. The summed E-state index contributed by atoms with van der Waals surface area (Å²) in [5.74, 6) is -1.17. The van der Waals surface area contributed by atoms with E-state index in [9.17, 15) is 13.6 Å². The summed E-state index contributed by atoms with van der Waals surface area (Å²) in [6.45, 7) is 0. The average Bonchev–Trinajstić information content (AvgIpc) is 3.07. The second-order valence-corrected chi connectivity index (χ2v) is 4.92. The SMILES string of the molecule is O=C(N/N=C/c1ccc(F)cc1)c1cc(-c2ccc(F)cc2)n[nH]1. The van der Waals surface area contributed by atoms with Gasteiger partial charge in [-0.1, -0.05) is 12.1 Å². The topological polar surface area (TPSA) is 70.1 Å². The molecule has 24 heavy (non-hydrogen) atoms. The molecular formula is C17H12F2N4O. The van der Waals surface area contributed by atoms with E-state index in [0.29, 0.717) is 16.8 Å². The Bertz CT molecular complexity index is 870. The lowest BCUT2D eigenvalue weighted by molar-refractivity contribution is 0.0950. The van der Waals surface area contributed by atoms with Crippen LogP contribution in [-0.4, -0.2) is 22.3 Å². The average molecular weight is 326 g/mol. The number of aromatic nitrogens is 2. The minimum Gasteiger partial charge on any atom is -0.272 e. The number of rotatable bonds is 4. The first-order valence-corrected chi connectivity index (χ1v) is 7.02. The van der Waals surface area contributed by atoms with Gasteiger partial charge in [-0.3, -0.25) is 9.89 Å². The van der Waals surface area contributed by atoms with E-state index < -0.39 is 5.91 Å². The largest absolute Gasteiger partial charge is 0.289 e. The summed E-state index contributed by atoms with van der Waals surface area (Å²) in [5.41, 5.74) is 4.40. The molecule has 0 saturated carbocycles. The summed E-state index contributed by atoms with van der Waals surface area (Å²) in [4.78, 5) is 12.0. The monoisotopic (exact) mass is 326 g/mol. The first-order valence-electron chi connectivity index (χ1n) is 7.02. The Kier molecular flexibility index (Phi) is 4.42. The third kappa shape index (κ3) is 3.70. The van der Waals surface area contributed by atoms with Crippen molar-refractivity contribution in [3.8, 4) is 11.3 Å². The van der Waals surface area contributed by atoms with Crippen molar-refractivity contribution in [2.45, 2.75) is 0 Å². The molecule has 0 atom stereocenters. The third-order valence-corrected chi connectivity index (χ3v) is 3.21. The van der Waals surface area contributed by atoms with Gasteiger partial charge in [-0.2, -0.15) is 10.2 Å². The van der Waals surface area contributed by atoms with Gasteiger partial charge in [0.2, 0.25) is 0 Å². The number of halogens is 2. The Morgan fingerprint density at radius 1 is 1.04 bits per heavy atom. The van der Waals surface area contributed by atoms with Gasteiger partial charge in [0.05, 0.1) is 11.9 Å². The zero-order valence-corrected chi connectivity index (χ0v) is 12.3. The van der Waals surface area contributed by atoms with Crippen LogP contribution in [0.1, 0.15) is 16.1 Å². The Hall–Kier alpha value is -3.35. The molecule has 7 heteroatoms. The third-order valence-electron chi connectivity index (χ3n) is 3.21. The molecule has 120 valence electrons. The molecule has 1 amide bonds. The van der Waals surface area contributed by atoms with Crippen molar-refractivity contribution >= 4 is 12.1 Å². The fourth-order valence-corrected chi connectivity index (χ4v) is 1.98. The Morgan fingerprint density at radius 3 is 2.33 bits per heavy atom. The lowest BCUT2D eigenvalue weighted by Gasteiger charge is -1.96. The Labute approximate surface area is 136 Å². The highest BCUT2D eigenvalue weighted by Crippen LogP contribution is 2.17. The first-order chi connectivity index (χ1) is 11.6. The van der Waals surface area contributed by atoms with Gasteiger partial charge < -0.3 is 0 Å². The number of hydrogen-bond donors (Lipinski definition) is 2. The van der Waals surface area contributed by atoms with Crippen LogP contribution in [0.4, 0.5) is 8.78 Å². The number of hydrogen-bond acceptors (Lipinski definition) is 3. The molecule has 0 unspecified atom stereocenters. The summed E-state index contributed by atoms with van der Waals surface area (Å²) in [6, 6.07) is 13.0. The molecule has 1 heterocycles. The Morgan fingerprint density at radius 2 is 1.67 bits per heavy atom. The maximum Gasteiger partial charge on any atom is 0.289 e. The van der Waals surface area contributed by atoms with Crippen LogP contribution in [-0.2, 0) is 0 Å². The molecular weight excluding hydrogens is 314 g/mol. The van der Waals surface area contributed by atoms with Gasteiger partial charge in [-0.15, -0.1) is 0 Å². The quantitative estimate of drug-likeness (QED) is 0.571. The molecule has 0 aliphatic heterocycles. The van der Waals surface area contributed by atoms with Crippen LogP contribution in [0.3, 0.4) is 0 Å². The Balaban J connectivity index is 1.65. The van der Waals surface area contributed by atoms with Crippen molar-refractivity contribution in [3.63, 3.8) is 0 Å². The fraction of sp³-hybridized carbons (Fsp3) is 0. The summed E-state index contributed by atoms with van der Waals surface area (Å²) < 4.78 is 25.7. The van der Waals surface area contributed by atoms with Crippen LogP contribution in [0.2, 0.25) is 0 Å². The molecule has 2 N–H and O–H groups in total. The van der Waals surface area contributed by atoms with E-state index in [1.165, 1.54) is 48.7 Å². The lowest BCUT2D eigenvalue weighted by atomic mass is 10.1. The summed E-state index contributed by atoms with van der Waals surface area (Å²) in [5, 5.41) is 10.4. The standard InChI is InChI=1S/C17H12F2N4O/c18-13-5-1-11(2-6-13)10-20-23-17(24)16-9-15(21-22-16)12-3-7-14(19)8-4-12/h1-10H,(H,21,22)(H,23,24)/b20-10+. The predicted octanol–water partition coefficient (Wildman–Crippen LogP) is 3.12. The van der Waals surface area contributed by atoms with E-state index in [1.54, 1.807) is 12.1 Å². The van der Waals surface area contributed by atoms with E-state index >= 15 is 0 Å². The molecule has 1 aromatic heterocycles. The highest BCUT2D eigenvalue weighted by atomic mass is 19.1. The zero-order chi connectivity index (χ0) is 16.9. The predicted molar refractivity (Wildman–Crippen MR) is 85.4 cm³/mol. The van der Waals surface area contributed by atoms with Crippen molar-refractivity contribution in [3.05, 3.63) is 77.5 Å². The van der Waals surface area contributed by atoms with Gasteiger partial charge in [0, 0.05) is 5.56 Å². The summed E-state index contributed by atoms with van der Waals surface area (Å²) in [6.07, 6.45) is 1.40. The van der Waals surface area contributed by atoms with Gasteiger partial charge in [-0.05, 0) is 48.0 Å². The van der Waals surface area contributed by atoms with E-state index in [-0.39, 0.29) is 17.3 Å². The number of amides is 1. The maximum absolute atomic E-state index is 12.9. The molecule has 0 aliphatic carbocycles. The van der Waals surface area contributed by atoms with Crippen LogP contribution in [0, 0.1) is 11.6 Å². The normalized spacial score (nSPS) is 10.9. The molecule has 0 spiro atoms. The molecule has 5 nitrogen and oxygen atoms in total. The van der Waals surface area contributed by atoms with Crippen LogP contribution in [0.15, 0.2) is 59.7 Å². The second kappa shape index (κ2) is 6.82. The molecule has 3 aromatic rings. The second-order valence-electron chi connectivity index (χ2n) is 4.92. The van der Waals surface area contributed by atoms with Crippen LogP contribution < -0.4 is 5.43 Å². The summed E-state index contributed by atoms with van der Waals surface area (Å²) in [7, 11) is 0. The van der Waals surface area contributed by atoms with Crippen LogP contribution in [0.25, 0.3) is 11.3 Å². The molecule has 0 bridgehead atoms.